The normalized spacial score (nSPS) is 10.8. The Hall–Kier alpha value is -3.10. The van der Waals surface area contributed by atoms with Crippen LogP contribution < -0.4 is 10.9 Å². The number of hydrogen-bond acceptors (Lipinski definition) is 5. The van der Waals surface area contributed by atoms with Gasteiger partial charge in [-0.05, 0) is 52.2 Å². The van der Waals surface area contributed by atoms with Crippen LogP contribution in [0.15, 0.2) is 70.5 Å². The molecule has 0 unspecified atom stereocenters. The minimum atomic E-state index is -0.347. The molecular formula is C21H18N4O2S2. The number of fused-ring (bicyclic) bond motifs is 1. The van der Waals surface area contributed by atoms with Crippen molar-refractivity contribution >= 4 is 45.9 Å². The molecule has 2 amide bonds. The summed E-state index contributed by atoms with van der Waals surface area (Å²) in [7, 11) is 0. The second-order valence-electron chi connectivity index (χ2n) is 6.36. The number of para-hydroxylation sites is 2. The number of nitrogens with zero attached hydrogens (tertiary/aromatic N) is 1. The number of thiophene rings is 1. The van der Waals surface area contributed by atoms with Gasteiger partial charge in [-0.3, -0.25) is 20.4 Å². The molecule has 0 aliphatic rings. The first-order chi connectivity index (χ1) is 14.2. The first kappa shape index (κ1) is 19.2. The topological polar surface area (TPSA) is 86.9 Å². The Labute approximate surface area is 175 Å². The first-order valence-electron chi connectivity index (χ1n) is 8.94. The highest BCUT2D eigenvalue weighted by atomic mass is 32.2. The predicted molar refractivity (Wildman–Crippen MR) is 116 cm³/mol. The second-order valence-corrected chi connectivity index (χ2v) is 8.10. The van der Waals surface area contributed by atoms with Crippen molar-refractivity contribution < 1.29 is 9.59 Å². The molecule has 2 heterocycles. The van der Waals surface area contributed by atoms with Crippen molar-refractivity contribution in [3.63, 3.8) is 0 Å². The van der Waals surface area contributed by atoms with Gasteiger partial charge < -0.3 is 4.98 Å². The molecule has 146 valence electrons. The van der Waals surface area contributed by atoms with E-state index in [9.17, 15) is 9.59 Å². The number of aromatic nitrogens is 2. The smallest absolute Gasteiger partial charge is 0.269 e. The molecule has 0 bridgehead atoms. The zero-order valence-corrected chi connectivity index (χ0v) is 17.0. The van der Waals surface area contributed by atoms with E-state index in [0.29, 0.717) is 5.56 Å². The van der Waals surface area contributed by atoms with E-state index >= 15 is 0 Å². The van der Waals surface area contributed by atoms with Crippen LogP contribution in [0, 0.1) is 0 Å². The molecule has 0 saturated heterocycles. The number of thioether (sulfide) groups is 1. The molecule has 0 aliphatic carbocycles. The Morgan fingerprint density at radius 1 is 1.00 bits per heavy atom. The third-order valence-electron chi connectivity index (χ3n) is 4.22. The van der Waals surface area contributed by atoms with Crippen molar-refractivity contribution in [3.8, 4) is 0 Å². The van der Waals surface area contributed by atoms with Crippen molar-refractivity contribution in [2.45, 2.75) is 17.3 Å². The van der Waals surface area contributed by atoms with Crippen LogP contribution in [0.5, 0.6) is 0 Å². The fourth-order valence-electron chi connectivity index (χ4n) is 2.72. The van der Waals surface area contributed by atoms with Crippen LogP contribution >= 0.6 is 23.1 Å². The van der Waals surface area contributed by atoms with Crippen molar-refractivity contribution in [1.82, 2.24) is 20.8 Å². The Morgan fingerprint density at radius 3 is 2.59 bits per heavy atom. The Balaban J connectivity index is 1.27. The minimum absolute atomic E-state index is 0.238. The number of carbonyl (C=O) groups excluding carboxylic acids is 2. The molecule has 8 heteroatoms. The fourth-order valence-corrected chi connectivity index (χ4v) is 4.23. The first-order valence-corrected chi connectivity index (χ1v) is 10.9. The minimum Gasteiger partial charge on any atom is -0.333 e. The summed E-state index contributed by atoms with van der Waals surface area (Å²) in [6.45, 7) is 0. The summed E-state index contributed by atoms with van der Waals surface area (Å²) in [6, 6.07) is 17.1. The van der Waals surface area contributed by atoms with Gasteiger partial charge in [0.2, 0.25) is 5.91 Å². The summed E-state index contributed by atoms with van der Waals surface area (Å²) < 4.78 is 0. The molecule has 3 N–H and O–H groups in total. The zero-order chi connectivity index (χ0) is 20.1. The third-order valence-corrected chi connectivity index (χ3v) is 5.90. The number of imidazole rings is 1. The Bertz CT molecular complexity index is 1090. The quantitative estimate of drug-likeness (QED) is 0.325. The number of carbonyl (C=O) groups is 2. The number of amides is 2. The van der Waals surface area contributed by atoms with Crippen LogP contribution in [-0.4, -0.2) is 21.8 Å². The third kappa shape index (κ3) is 5.04. The van der Waals surface area contributed by atoms with Crippen molar-refractivity contribution in [3.05, 3.63) is 82.0 Å². The maximum atomic E-state index is 12.2. The van der Waals surface area contributed by atoms with E-state index in [4.69, 9.17) is 0 Å². The van der Waals surface area contributed by atoms with Gasteiger partial charge in [0.05, 0.1) is 17.5 Å². The van der Waals surface area contributed by atoms with Crippen LogP contribution in [0.1, 0.15) is 21.5 Å². The lowest BCUT2D eigenvalue weighted by molar-refractivity contribution is -0.121. The molecule has 0 spiro atoms. The van der Waals surface area contributed by atoms with E-state index in [1.165, 1.54) is 11.3 Å². The number of rotatable bonds is 6. The fraction of sp³-hybridized carbons (Fsp3) is 0.0952. The molecule has 6 nitrogen and oxygen atoms in total. The van der Waals surface area contributed by atoms with E-state index in [-0.39, 0.29) is 18.2 Å². The van der Waals surface area contributed by atoms with E-state index < -0.39 is 0 Å². The van der Waals surface area contributed by atoms with Crippen molar-refractivity contribution in [2.24, 2.45) is 0 Å². The van der Waals surface area contributed by atoms with E-state index in [2.05, 4.69) is 20.8 Å². The average Bonchev–Trinajstić information content (AvgIpc) is 3.40. The number of hydrogen-bond donors (Lipinski definition) is 3. The molecule has 0 atom stereocenters. The van der Waals surface area contributed by atoms with Gasteiger partial charge in [0, 0.05) is 11.3 Å². The van der Waals surface area contributed by atoms with E-state index in [1.54, 1.807) is 23.9 Å². The van der Waals surface area contributed by atoms with Crippen molar-refractivity contribution in [1.29, 1.82) is 0 Å². The molecule has 2 aromatic carbocycles. The van der Waals surface area contributed by atoms with Crippen LogP contribution in [0.3, 0.4) is 0 Å². The Morgan fingerprint density at radius 2 is 1.83 bits per heavy atom. The van der Waals surface area contributed by atoms with Crippen LogP contribution in [0.4, 0.5) is 0 Å². The van der Waals surface area contributed by atoms with E-state index in [0.717, 1.165) is 33.1 Å². The number of aromatic amines is 1. The summed E-state index contributed by atoms with van der Waals surface area (Å²) in [5.74, 6) is 0.134. The zero-order valence-electron chi connectivity index (χ0n) is 15.3. The lowest BCUT2D eigenvalue weighted by atomic mass is 10.1. The number of hydrazine groups is 1. The van der Waals surface area contributed by atoms with Crippen LogP contribution in [0.25, 0.3) is 11.0 Å². The van der Waals surface area contributed by atoms with Gasteiger partial charge in [-0.2, -0.15) is 11.3 Å². The molecule has 4 rings (SSSR count). The highest BCUT2D eigenvalue weighted by molar-refractivity contribution is 7.98. The lowest BCUT2D eigenvalue weighted by Gasteiger charge is -2.07. The summed E-state index contributed by atoms with van der Waals surface area (Å²) in [4.78, 5) is 31.9. The Kier molecular flexibility index (Phi) is 5.92. The molecule has 0 saturated carbocycles. The van der Waals surface area contributed by atoms with Crippen LogP contribution in [0.2, 0.25) is 0 Å². The largest absolute Gasteiger partial charge is 0.333 e. The van der Waals surface area contributed by atoms with E-state index in [1.807, 2.05) is 53.2 Å². The second kappa shape index (κ2) is 8.93. The van der Waals surface area contributed by atoms with Crippen LogP contribution in [-0.2, 0) is 17.0 Å². The molecule has 2 aromatic heterocycles. The molecule has 0 radical (unpaired) electrons. The SMILES string of the molecule is O=C(Cc1ccsc1)NNC(=O)c1ccc(CSc2nc3ccccc3[nH]2)cc1. The lowest BCUT2D eigenvalue weighted by Crippen LogP contribution is -2.42. The summed E-state index contributed by atoms with van der Waals surface area (Å²) >= 11 is 3.14. The molecule has 29 heavy (non-hydrogen) atoms. The highest BCUT2D eigenvalue weighted by Crippen LogP contribution is 2.23. The number of benzene rings is 2. The summed E-state index contributed by atoms with van der Waals surface area (Å²) in [5.41, 5.74) is 9.34. The number of H-pyrrole nitrogens is 1. The van der Waals surface area contributed by atoms with Gasteiger partial charge in [-0.15, -0.1) is 0 Å². The molecular weight excluding hydrogens is 404 g/mol. The molecule has 0 fully saturated rings. The van der Waals surface area contributed by atoms with Gasteiger partial charge in [0.25, 0.3) is 5.91 Å². The van der Waals surface area contributed by atoms with Gasteiger partial charge in [0.1, 0.15) is 0 Å². The van der Waals surface area contributed by atoms with Gasteiger partial charge >= 0.3 is 0 Å². The standard InChI is InChI=1S/C21H18N4O2S2/c26-19(11-15-9-10-28-12-15)24-25-20(27)16-7-5-14(6-8-16)13-29-21-22-17-3-1-2-4-18(17)23-21/h1-10,12H,11,13H2,(H,22,23)(H,24,26)(H,25,27). The maximum Gasteiger partial charge on any atom is 0.269 e. The molecule has 0 aliphatic heterocycles. The van der Waals surface area contributed by atoms with Gasteiger partial charge in [0.15, 0.2) is 5.16 Å². The van der Waals surface area contributed by atoms with Crippen molar-refractivity contribution in [2.75, 3.05) is 0 Å². The summed E-state index contributed by atoms with van der Waals surface area (Å²) in [5, 5.41) is 4.68. The average molecular weight is 423 g/mol. The molecule has 4 aromatic rings. The van der Waals surface area contributed by atoms with Gasteiger partial charge in [-0.1, -0.05) is 36.0 Å². The number of nitrogens with one attached hydrogen (secondary N) is 3. The maximum absolute atomic E-state index is 12.2. The predicted octanol–water partition coefficient (Wildman–Crippen LogP) is 3.92. The highest BCUT2D eigenvalue weighted by Gasteiger charge is 2.09. The summed E-state index contributed by atoms with van der Waals surface area (Å²) in [6.07, 6.45) is 0.238. The monoisotopic (exact) mass is 422 g/mol. The van der Waals surface area contributed by atoms with Gasteiger partial charge in [-0.25, -0.2) is 4.98 Å².